The van der Waals surface area contributed by atoms with Gasteiger partial charge in [0.1, 0.15) is 0 Å². The fraction of sp³-hybridized carbons (Fsp3) is 0.917. The van der Waals surface area contributed by atoms with E-state index in [-0.39, 0.29) is 5.91 Å². The summed E-state index contributed by atoms with van der Waals surface area (Å²) in [6.07, 6.45) is 2.42. The van der Waals surface area contributed by atoms with Crippen LogP contribution in [0.4, 0.5) is 0 Å². The maximum absolute atomic E-state index is 11.6. The molecule has 1 fully saturated rings. The fourth-order valence-electron chi connectivity index (χ4n) is 2.13. The molecule has 1 atom stereocenters. The second-order valence-electron chi connectivity index (χ2n) is 4.80. The molecule has 0 bridgehead atoms. The third-order valence-electron chi connectivity index (χ3n) is 3.31. The summed E-state index contributed by atoms with van der Waals surface area (Å²) >= 11 is 0. The first-order valence-electron chi connectivity index (χ1n) is 6.26. The van der Waals surface area contributed by atoms with E-state index in [1.807, 2.05) is 18.9 Å². The molecule has 0 aliphatic carbocycles. The highest BCUT2D eigenvalue weighted by Crippen LogP contribution is 2.17. The quantitative estimate of drug-likeness (QED) is 0.713. The smallest absolute Gasteiger partial charge is 0.236 e. The molecule has 0 saturated carbocycles. The van der Waals surface area contributed by atoms with E-state index in [1.165, 1.54) is 19.5 Å². The minimum Gasteiger partial charge on any atom is -0.345 e. The largest absolute Gasteiger partial charge is 0.345 e. The molecule has 16 heavy (non-hydrogen) atoms. The van der Waals surface area contributed by atoms with Crippen LogP contribution >= 0.6 is 0 Å². The van der Waals surface area contributed by atoms with Crippen molar-refractivity contribution in [2.24, 2.45) is 5.92 Å². The standard InChI is InChI=1S/C12H25N3O/c1-4-13-9-12(16)15(3)8-6-11-5-7-14(2)10-11/h11,13H,4-10H2,1-3H3. The lowest BCUT2D eigenvalue weighted by molar-refractivity contribution is -0.129. The van der Waals surface area contributed by atoms with Crippen molar-refractivity contribution in [3.8, 4) is 0 Å². The number of carbonyl (C=O) groups excluding carboxylic acids is 1. The summed E-state index contributed by atoms with van der Waals surface area (Å²) in [5, 5.41) is 3.06. The van der Waals surface area contributed by atoms with E-state index in [4.69, 9.17) is 0 Å². The van der Waals surface area contributed by atoms with E-state index >= 15 is 0 Å². The van der Waals surface area contributed by atoms with Gasteiger partial charge < -0.3 is 15.1 Å². The molecule has 4 nitrogen and oxygen atoms in total. The molecule has 0 aromatic heterocycles. The highest BCUT2D eigenvalue weighted by Gasteiger charge is 2.20. The Kier molecular flexibility index (Phi) is 5.77. The van der Waals surface area contributed by atoms with Gasteiger partial charge in [0, 0.05) is 20.1 Å². The van der Waals surface area contributed by atoms with Crippen molar-refractivity contribution in [1.82, 2.24) is 15.1 Å². The Morgan fingerprint density at radius 3 is 2.88 bits per heavy atom. The summed E-state index contributed by atoms with van der Waals surface area (Å²) in [4.78, 5) is 15.8. The van der Waals surface area contributed by atoms with E-state index in [0.717, 1.165) is 25.4 Å². The predicted molar refractivity (Wildman–Crippen MR) is 66.4 cm³/mol. The van der Waals surface area contributed by atoms with Crippen molar-refractivity contribution in [3.05, 3.63) is 0 Å². The number of likely N-dealkylation sites (N-methyl/N-ethyl adjacent to an activating group) is 2. The van der Waals surface area contributed by atoms with Gasteiger partial charge in [0.2, 0.25) is 5.91 Å². The van der Waals surface area contributed by atoms with Crippen LogP contribution in [0.15, 0.2) is 0 Å². The Labute approximate surface area is 99.0 Å². The van der Waals surface area contributed by atoms with Crippen molar-refractivity contribution < 1.29 is 4.79 Å². The van der Waals surface area contributed by atoms with Gasteiger partial charge in [-0.15, -0.1) is 0 Å². The van der Waals surface area contributed by atoms with Gasteiger partial charge in [-0.05, 0) is 38.9 Å². The Bertz CT molecular complexity index is 220. The molecule has 0 radical (unpaired) electrons. The molecule has 1 aliphatic rings. The van der Waals surface area contributed by atoms with Crippen molar-refractivity contribution in [2.75, 3.05) is 46.8 Å². The highest BCUT2D eigenvalue weighted by molar-refractivity contribution is 5.77. The maximum Gasteiger partial charge on any atom is 0.236 e. The van der Waals surface area contributed by atoms with Crippen LogP contribution in [0.5, 0.6) is 0 Å². The number of amides is 1. The first-order valence-corrected chi connectivity index (χ1v) is 6.26. The minimum atomic E-state index is 0.202. The normalized spacial score (nSPS) is 21.3. The van der Waals surface area contributed by atoms with E-state index in [2.05, 4.69) is 17.3 Å². The molecule has 0 aromatic carbocycles. The zero-order chi connectivity index (χ0) is 12.0. The topological polar surface area (TPSA) is 35.6 Å². The molecular formula is C12H25N3O. The average molecular weight is 227 g/mol. The molecule has 1 N–H and O–H groups in total. The molecule has 0 spiro atoms. The van der Waals surface area contributed by atoms with Gasteiger partial charge >= 0.3 is 0 Å². The Balaban J connectivity index is 2.14. The number of carbonyl (C=O) groups is 1. The van der Waals surface area contributed by atoms with E-state index in [1.54, 1.807) is 0 Å². The van der Waals surface area contributed by atoms with Gasteiger partial charge in [0.25, 0.3) is 0 Å². The molecule has 94 valence electrons. The van der Waals surface area contributed by atoms with Crippen LogP contribution < -0.4 is 5.32 Å². The van der Waals surface area contributed by atoms with Crippen molar-refractivity contribution in [2.45, 2.75) is 19.8 Å². The predicted octanol–water partition coefficient (Wildman–Crippen LogP) is 0.396. The van der Waals surface area contributed by atoms with Gasteiger partial charge in [0.15, 0.2) is 0 Å². The van der Waals surface area contributed by atoms with Crippen molar-refractivity contribution in [1.29, 1.82) is 0 Å². The monoisotopic (exact) mass is 227 g/mol. The van der Waals surface area contributed by atoms with Gasteiger partial charge in [-0.2, -0.15) is 0 Å². The summed E-state index contributed by atoms with van der Waals surface area (Å²) in [5.74, 6) is 0.979. The van der Waals surface area contributed by atoms with Crippen LogP contribution in [0.3, 0.4) is 0 Å². The first-order chi connectivity index (χ1) is 7.63. The van der Waals surface area contributed by atoms with Gasteiger partial charge in [-0.25, -0.2) is 0 Å². The van der Waals surface area contributed by atoms with Gasteiger partial charge in [-0.3, -0.25) is 4.79 Å². The van der Waals surface area contributed by atoms with Crippen LogP contribution in [-0.4, -0.2) is 62.5 Å². The zero-order valence-corrected chi connectivity index (χ0v) is 10.8. The molecule has 4 heteroatoms. The number of rotatable bonds is 6. The van der Waals surface area contributed by atoms with Crippen molar-refractivity contribution >= 4 is 5.91 Å². The molecule has 1 aliphatic heterocycles. The molecular weight excluding hydrogens is 202 g/mol. The number of hydrogen-bond donors (Lipinski definition) is 1. The second kappa shape index (κ2) is 6.86. The van der Waals surface area contributed by atoms with Gasteiger partial charge in [-0.1, -0.05) is 6.92 Å². The fourth-order valence-corrected chi connectivity index (χ4v) is 2.13. The third-order valence-corrected chi connectivity index (χ3v) is 3.31. The Hall–Kier alpha value is -0.610. The molecule has 1 amide bonds. The van der Waals surface area contributed by atoms with Crippen molar-refractivity contribution in [3.63, 3.8) is 0 Å². The Morgan fingerprint density at radius 2 is 2.31 bits per heavy atom. The number of hydrogen-bond acceptors (Lipinski definition) is 3. The summed E-state index contributed by atoms with van der Waals surface area (Å²) in [5.41, 5.74) is 0. The lowest BCUT2D eigenvalue weighted by Crippen LogP contribution is -2.36. The molecule has 0 aromatic rings. The second-order valence-corrected chi connectivity index (χ2v) is 4.80. The first kappa shape index (κ1) is 13.5. The molecule has 1 rings (SSSR count). The average Bonchev–Trinajstić information content (AvgIpc) is 2.68. The van der Waals surface area contributed by atoms with E-state index in [9.17, 15) is 4.79 Å². The third kappa shape index (κ3) is 4.49. The van der Waals surface area contributed by atoms with Crippen LogP contribution in [0.1, 0.15) is 19.8 Å². The minimum absolute atomic E-state index is 0.202. The number of nitrogens with zero attached hydrogens (tertiary/aromatic N) is 2. The zero-order valence-electron chi connectivity index (χ0n) is 10.8. The van der Waals surface area contributed by atoms with Crippen LogP contribution in [0, 0.1) is 5.92 Å². The van der Waals surface area contributed by atoms with Gasteiger partial charge in [0.05, 0.1) is 6.54 Å². The number of nitrogens with one attached hydrogen (secondary N) is 1. The van der Waals surface area contributed by atoms with Crippen LogP contribution in [0.2, 0.25) is 0 Å². The summed E-state index contributed by atoms with van der Waals surface area (Å²) in [6.45, 7) is 6.63. The molecule has 1 saturated heterocycles. The molecule has 1 unspecified atom stereocenters. The van der Waals surface area contributed by atoms with E-state index < -0.39 is 0 Å². The Morgan fingerprint density at radius 1 is 1.56 bits per heavy atom. The van der Waals surface area contributed by atoms with Crippen LogP contribution in [0.25, 0.3) is 0 Å². The SMILES string of the molecule is CCNCC(=O)N(C)CCC1CCN(C)C1. The molecule has 1 heterocycles. The number of likely N-dealkylation sites (tertiary alicyclic amines) is 1. The summed E-state index contributed by atoms with van der Waals surface area (Å²) in [7, 11) is 4.07. The summed E-state index contributed by atoms with van der Waals surface area (Å²) < 4.78 is 0. The summed E-state index contributed by atoms with van der Waals surface area (Å²) in [6, 6.07) is 0. The van der Waals surface area contributed by atoms with E-state index in [0.29, 0.717) is 6.54 Å². The maximum atomic E-state index is 11.6. The lowest BCUT2D eigenvalue weighted by atomic mass is 10.1. The van der Waals surface area contributed by atoms with Crippen LogP contribution in [-0.2, 0) is 4.79 Å². The lowest BCUT2D eigenvalue weighted by Gasteiger charge is -2.19. The highest BCUT2D eigenvalue weighted by atomic mass is 16.2.